The Kier molecular flexibility index (Phi) is 9.15. The molecule has 1 aromatic rings. The SMILES string of the molecule is CN=C(NCCCCN1CCN(c2ccccc2)CC1)NCCOC. The molecule has 25 heavy (non-hydrogen) atoms. The van der Waals surface area contributed by atoms with Crippen LogP contribution in [0.15, 0.2) is 35.3 Å². The van der Waals surface area contributed by atoms with E-state index in [0.29, 0.717) is 6.61 Å². The standard InChI is InChI=1S/C19H33N5O/c1-20-19(22-11-17-25-2)21-10-6-7-12-23-13-15-24(16-14-23)18-8-4-3-5-9-18/h3-5,8-9H,6-7,10-17H2,1-2H3,(H2,20,21,22). The van der Waals surface area contributed by atoms with Crippen LogP contribution < -0.4 is 15.5 Å². The van der Waals surface area contributed by atoms with Gasteiger partial charge in [0, 0.05) is 59.1 Å². The van der Waals surface area contributed by atoms with Crippen LogP contribution in [0.4, 0.5) is 5.69 Å². The summed E-state index contributed by atoms with van der Waals surface area (Å²) in [6, 6.07) is 10.7. The molecule has 0 bridgehead atoms. The van der Waals surface area contributed by atoms with Gasteiger partial charge >= 0.3 is 0 Å². The number of nitrogens with zero attached hydrogens (tertiary/aromatic N) is 3. The summed E-state index contributed by atoms with van der Waals surface area (Å²) in [7, 11) is 3.51. The summed E-state index contributed by atoms with van der Waals surface area (Å²) in [6.45, 7) is 8.16. The predicted molar refractivity (Wildman–Crippen MR) is 106 cm³/mol. The first-order valence-electron chi connectivity index (χ1n) is 9.29. The lowest BCUT2D eigenvalue weighted by atomic mass is 10.2. The Labute approximate surface area is 152 Å². The highest BCUT2D eigenvalue weighted by atomic mass is 16.5. The number of nitrogens with one attached hydrogen (secondary N) is 2. The molecule has 0 radical (unpaired) electrons. The Hall–Kier alpha value is -1.79. The third-order valence-electron chi connectivity index (χ3n) is 4.51. The third kappa shape index (κ3) is 7.32. The van der Waals surface area contributed by atoms with Crippen LogP contribution in [0.25, 0.3) is 0 Å². The fourth-order valence-electron chi connectivity index (χ4n) is 3.03. The van der Waals surface area contributed by atoms with Crippen molar-refractivity contribution in [1.29, 1.82) is 0 Å². The van der Waals surface area contributed by atoms with Crippen molar-refractivity contribution >= 4 is 11.6 Å². The zero-order valence-electron chi connectivity index (χ0n) is 15.7. The average Bonchev–Trinajstić information content (AvgIpc) is 2.67. The molecule has 1 aromatic carbocycles. The van der Waals surface area contributed by atoms with Gasteiger partial charge in [-0.1, -0.05) is 18.2 Å². The van der Waals surface area contributed by atoms with Crippen LogP contribution in [0, 0.1) is 0 Å². The molecule has 0 amide bonds. The Balaban J connectivity index is 1.53. The van der Waals surface area contributed by atoms with Crippen molar-refractivity contribution < 1.29 is 4.74 Å². The Morgan fingerprint density at radius 3 is 2.44 bits per heavy atom. The summed E-state index contributed by atoms with van der Waals surface area (Å²) in [5.41, 5.74) is 1.35. The molecule has 2 N–H and O–H groups in total. The average molecular weight is 348 g/mol. The normalized spacial score (nSPS) is 16.1. The summed E-state index contributed by atoms with van der Waals surface area (Å²) in [6.07, 6.45) is 2.37. The maximum atomic E-state index is 5.03. The zero-order chi connectivity index (χ0) is 17.7. The predicted octanol–water partition coefficient (Wildman–Crippen LogP) is 1.40. The van der Waals surface area contributed by atoms with Crippen LogP contribution in [0.3, 0.4) is 0 Å². The van der Waals surface area contributed by atoms with Crippen molar-refractivity contribution in [3.8, 4) is 0 Å². The number of benzene rings is 1. The first-order valence-corrected chi connectivity index (χ1v) is 9.29. The van der Waals surface area contributed by atoms with Gasteiger partial charge in [-0.2, -0.15) is 0 Å². The molecule has 6 heteroatoms. The van der Waals surface area contributed by atoms with Gasteiger partial charge in [0.25, 0.3) is 0 Å². The molecule has 0 unspecified atom stereocenters. The van der Waals surface area contributed by atoms with Gasteiger partial charge in [-0.3, -0.25) is 9.89 Å². The fourth-order valence-corrected chi connectivity index (χ4v) is 3.03. The van der Waals surface area contributed by atoms with E-state index < -0.39 is 0 Å². The molecule has 1 aliphatic heterocycles. The smallest absolute Gasteiger partial charge is 0.191 e. The maximum absolute atomic E-state index is 5.03. The van der Waals surface area contributed by atoms with Crippen molar-refractivity contribution in [2.75, 3.05) is 71.5 Å². The maximum Gasteiger partial charge on any atom is 0.191 e. The number of guanidine groups is 1. The van der Waals surface area contributed by atoms with E-state index in [0.717, 1.165) is 51.6 Å². The molecule has 1 heterocycles. The van der Waals surface area contributed by atoms with Crippen molar-refractivity contribution in [1.82, 2.24) is 15.5 Å². The second kappa shape index (κ2) is 11.7. The molecular weight excluding hydrogens is 314 g/mol. The zero-order valence-corrected chi connectivity index (χ0v) is 15.7. The fraction of sp³-hybridized carbons (Fsp3) is 0.632. The van der Waals surface area contributed by atoms with Crippen LogP contribution >= 0.6 is 0 Å². The number of hydrogen-bond acceptors (Lipinski definition) is 4. The van der Waals surface area contributed by atoms with E-state index in [1.807, 2.05) is 0 Å². The second-order valence-corrected chi connectivity index (χ2v) is 6.29. The number of unbranched alkanes of at least 4 members (excludes halogenated alkanes) is 1. The summed E-state index contributed by atoms with van der Waals surface area (Å²) >= 11 is 0. The van der Waals surface area contributed by atoms with Crippen LogP contribution in [0.1, 0.15) is 12.8 Å². The second-order valence-electron chi connectivity index (χ2n) is 6.29. The van der Waals surface area contributed by atoms with Gasteiger partial charge < -0.3 is 20.3 Å². The molecule has 140 valence electrons. The van der Waals surface area contributed by atoms with Crippen LogP contribution in [0.5, 0.6) is 0 Å². The first-order chi connectivity index (χ1) is 12.3. The highest BCUT2D eigenvalue weighted by Crippen LogP contribution is 2.15. The van der Waals surface area contributed by atoms with E-state index >= 15 is 0 Å². The molecule has 0 aromatic heterocycles. The third-order valence-corrected chi connectivity index (χ3v) is 4.51. The van der Waals surface area contributed by atoms with E-state index in [9.17, 15) is 0 Å². The monoisotopic (exact) mass is 347 g/mol. The van der Waals surface area contributed by atoms with Crippen molar-refractivity contribution in [2.24, 2.45) is 4.99 Å². The van der Waals surface area contributed by atoms with E-state index in [2.05, 4.69) is 55.8 Å². The van der Waals surface area contributed by atoms with Gasteiger partial charge in [0.05, 0.1) is 6.61 Å². The van der Waals surface area contributed by atoms with E-state index in [-0.39, 0.29) is 0 Å². The number of para-hydroxylation sites is 1. The lowest BCUT2D eigenvalue weighted by Crippen LogP contribution is -2.46. The van der Waals surface area contributed by atoms with Crippen LogP contribution in [0.2, 0.25) is 0 Å². The van der Waals surface area contributed by atoms with Gasteiger partial charge in [0.15, 0.2) is 5.96 Å². The Morgan fingerprint density at radius 2 is 1.76 bits per heavy atom. The summed E-state index contributed by atoms with van der Waals surface area (Å²) in [5.74, 6) is 0.855. The number of methoxy groups -OCH3 is 1. The molecule has 0 saturated carbocycles. The summed E-state index contributed by atoms with van der Waals surface area (Å²) in [5, 5.41) is 6.58. The summed E-state index contributed by atoms with van der Waals surface area (Å²) in [4.78, 5) is 9.26. The highest BCUT2D eigenvalue weighted by Gasteiger charge is 2.16. The van der Waals surface area contributed by atoms with Crippen LogP contribution in [-0.2, 0) is 4.74 Å². The molecule has 0 aliphatic carbocycles. The van der Waals surface area contributed by atoms with Gasteiger partial charge in [0.1, 0.15) is 0 Å². The minimum atomic E-state index is 0.690. The number of ether oxygens (including phenoxy) is 1. The number of anilines is 1. The van der Waals surface area contributed by atoms with Crippen molar-refractivity contribution in [3.05, 3.63) is 30.3 Å². The minimum Gasteiger partial charge on any atom is -0.383 e. The lowest BCUT2D eigenvalue weighted by Gasteiger charge is -2.36. The molecule has 0 atom stereocenters. The number of piperazine rings is 1. The molecule has 1 aliphatic rings. The number of aliphatic imine (C=N–C) groups is 1. The number of rotatable bonds is 9. The summed E-state index contributed by atoms with van der Waals surface area (Å²) < 4.78 is 5.03. The first kappa shape index (κ1) is 19.5. The molecular formula is C19H33N5O. The molecule has 1 fully saturated rings. The van der Waals surface area contributed by atoms with Gasteiger partial charge in [-0.05, 0) is 31.5 Å². The van der Waals surface area contributed by atoms with E-state index in [1.165, 1.54) is 18.7 Å². The van der Waals surface area contributed by atoms with Gasteiger partial charge in [-0.25, -0.2) is 0 Å². The van der Waals surface area contributed by atoms with E-state index in [1.54, 1.807) is 14.2 Å². The Morgan fingerprint density at radius 1 is 1.04 bits per heavy atom. The molecule has 2 rings (SSSR count). The minimum absolute atomic E-state index is 0.690. The number of hydrogen-bond donors (Lipinski definition) is 2. The van der Waals surface area contributed by atoms with Crippen molar-refractivity contribution in [3.63, 3.8) is 0 Å². The van der Waals surface area contributed by atoms with Gasteiger partial charge in [-0.15, -0.1) is 0 Å². The molecule has 6 nitrogen and oxygen atoms in total. The van der Waals surface area contributed by atoms with Crippen LogP contribution in [-0.4, -0.2) is 77.4 Å². The quantitative estimate of drug-likeness (QED) is 0.402. The molecule has 0 spiro atoms. The molecule has 1 saturated heterocycles. The van der Waals surface area contributed by atoms with E-state index in [4.69, 9.17) is 4.74 Å². The van der Waals surface area contributed by atoms with Gasteiger partial charge in [0.2, 0.25) is 0 Å². The lowest BCUT2D eigenvalue weighted by molar-refractivity contribution is 0.203. The van der Waals surface area contributed by atoms with Crippen molar-refractivity contribution in [2.45, 2.75) is 12.8 Å². The highest BCUT2D eigenvalue weighted by molar-refractivity contribution is 5.79. The Bertz CT molecular complexity index is 486. The topological polar surface area (TPSA) is 52.1 Å². The largest absolute Gasteiger partial charge is 0.383 e.